The van der Waals surface area contributed by atoms with Gasteiger partial charge in [-0.2, -0.15) is 0 Å². The molecule has 1 aliphatic heterocycles. The zero-order chi connectivity index (χ0) is 25.4. The van der Waals surface area contributed by atoms with E-state index in [9.17, 15) is 14.7 Å². The predicted octanol–water partition coefficient (Wildman–Crippen LogP) is 6.40. The first-order valence-electron chi connectivity index (χ1n) is 12.2. The number of Topliss-reactive ketones (excluding diaryl/α,β-unsaturated/α-hetero) is 1. The van der Waals surface area contributed by atoms with Crippen LogP contribution in [0.2, 0.25) is 5.02 Å². The standard InChI is InChI=1S/C28H28ClNO6/c1-3-35-20-11-9-16(10-12-20)24-23(26(32)28(33)30(24)19-7-5-4-6-8-19)25(31)21-14-17-13-18(29)15-22(34-2)27(17)36-21/h9-15,19,24,32H,3-8H2,1-2H3. The maximum absolute atomic E-state index is 13.8. The molecular formula is C28H28ClNO6. The summed E-state index contributed by atoms with van der Waals surface area (Å²) < 4.78 is 16.8. The number of hydrogen-bond donors (Lipinski definition) is 1. The minimum absolute atomic E-state index is 0.00125. The maximum Gasteiger partial charge on any atom is 0.290 e. The number of benzene rings is 2. The van der Waals surface area contributed by atoms with Gasteiger partial charge in [0.15, 0.2) is 22.9 Å². The second-order valence-electron chi connectivity index (χ2n) is 9.14. The monoisotopic (exact) mass is 509 g/mol. The lowest BCUT2D eigenvalue weighted by atomic mass is 9.90. The molecule has 188 valence electrons. The van der Waals surface area contributed by atoms with Crippen LogP contribution in [0.3, 0.4) is 0 Å². The SMILES string of the molecule is CCOc1ccc(C2C(C(=O)c3cc4cc(Cl)cc(OC)c4o3)=C(O)C(=O)N2C2CCCCC2)cc1. The van der Waals surface area contributed by atoms with E-state index in [0.29, 0.717) is 34.1 Å². The van der Waals surface area contributed by atoms with Gasteiger partial charge < -0.3 is 23.9 Å². The van der Waals surface area contributed by atoms with E-state index in [1.165, 1.54) is 7.11 Å². The minimum atomic E-state index is -0.734. The molecule has 2 aromatic carbocycles. The Hall–Kier alpha value is -3.45. The van der Waals surface area contributed by atoms with Gasteiger partial charge in [-0.15, -0.1) is 0 Å². The molecule has 1 N–H and O–H groups in total. The number of fused-ring (bicyclic) bond motifs is 1. The topological polar surface area (TPSA) is 89.2 Å². The van der Waals surface area contributed by atoms with E-state index >= 15 is 0 Å². The van der Waals surface area contributed by atoms with Crippen LogP contribution in [0.1, 0.15) is 61.2 Å². The molecule has 7 nitrogen and oxygen atoms in total. The molecule has 2 aliphatic rings. The highest BCUT2D eigenvalue weighted by Gasteiger charge is 2.47. The Kier molecular flexibility index (Phi) is 6.67. The van der Waals surface area contributed by atoms with Gasteiger partial charge in [0.05, 0.1) is 25.3 Å². The summed E-state index contributed by atoms with van der Waals surface area (Å²) in [4.78, 5) is 28.9. The first-order valence-corrected chi connectivity index (χ1v) is 12.6. The molecular weight excluding hydrogens is 482 g/mol. The molecule has 1 aliphatic carbocycles. The quantitative estimate of drug-likeness (QED) is 0.370. The lowest BCUT2D eigenvalue weighted by Crippen LogP contribution is -2.41. The highest BCUT2D eigenvalue weighted by atomic mass is 35.5. The van der Waals surface area contributed by atoms with Crippen LogP contribution in [0.15, 0.2) is 58.2 Å². The lowest BCUT2D eigenvalue weighted by Gasteiger charge is -2.36. The molecule has 0 radical (unpaired) electrons. The second-order valence-corrected chi connectivity index (χ2v) is 9.57. The van der Waals surface area contributed by atoms with Crippen LogP contribution >= 0.6 is 11.6 Å². The molecule has 1 atom stereocenters. The van der Waals surface area contributed by atoms with E-state index in [4.69, 9.17) is 25.5 Å². The van der Waals surface area contributed by atoms with E-state index in [-0.39, 0.29) is 17.4 Å². The van der Waals surface area contributed by atoms with Crippen molar-refractivity contribution in [2.75, 3.05) is 13.7 Å². The first-order chi connectivity index (χ1) is 17.4. The van der Waals surface area contributed by atoms with Gasteiger partial charge in [-0.05, 0) is 49.6 Å². The zero-order valence-electron chi connectivity index (χ0n) is 20.3. The number of methoxy groups -OCH3 is 1. The fourth-order valence-electron chi connectivity index (χ4n) is 5.31. The minimum Gasteiger partial charge on any atom is -0.503 e. The number of ketones is 1. The molecule has 1 fully saturated rings. The van der Waals surface area contributed by atoms with Crippen LogP contribution in [0.5, 0.6) is 11.5 Å². The average Bonchev–Trinajstić information content (AvgIpc) is 3.43. The number of carbonyl (C=O) groups is 2. The van der Waals surface area contributed by atoms with Gasteiger partial charge in [-0.3, -0.25) is 9.59 Å². The van der Waals surface area contributed by atoms with Crippen LogP contribution in [-0.2, 0) is 4.79 Å². The van der Waals surface area contributed by atoms with E-state index < -0.39 is 23.5 Å². The maximum atomic E-state index is 13.8. The van der Waals surface area contributed by atoms with Gasteiger partial charge in [-0.25, -0.2) is 0 Å². The summed E-state index contributed by atoms with van der Waals surface area (Å²) in [6.07, 6.45) is 4.76. The Bertz CT molecular complexity index is 1340. The molecule has 0 bridgehead atoms. The number of nitrogens with zero attached hydrogens (tertiary/aromatic N) is 1. The zero-order valence-corrected chi connectivity index (χ0v) is 21.0. The van der Waals surface area contributed by atoms with Crippen molar-refractivity contribution in [2.24, 2.45) is 0 Å². The van der Waals surface area contributed by atoms with Crippen molar-refractivity contribution in [3.05, 3.63) is 70.1 Å². The van der Waals surface area contributed by atoms with Crippen molar-refractivity contribution in [2.45, 2.75) is 51.1 Å². The van der Waals surface area contributed by atoms with Crippen LogP contribution in [0, 0.1) is 0 Å². The molecule has 8 heteroatoms. The molecule has 1 saturated carbocycles. The van der Waals surface area contributed by atoms with Gasteiger partial charge >= 0.3 is 0 Å². The fraction of sp³-hybridized carbons (Fsp3) is 0.357. The number of furan rings is 1. The third-order valence-corrected chi connectivity index (χ3v) is 7.17. The lowest BCUT2D eigenvalue weighted by molar-refractivity contribution is -0.132. The van der Waals surface area contributed by atoms with Gasteiger partial charge in [-0.1, -0.05) is 43.0 Å². The molecule has 1 amide bonds. The van der Waals surface area contributed by atoms with E-state index in [0.717, 1.165) is 37.7 Å². The number of amides is 1. The Labute approximate surface area is 214 Å². The van der Waals surface area contributed by atoms with E-state index in [1.807, 2.05) is 31.2 Å². The Morgan fingerprint density at radius 2 is 1.86 bits per heavy atom. The van der Waals surface area contributed by atoms with Gasteiger partial charge in [0.25, 0.3) is 5.91 Å². The number of aliphatic hydroxyl groups is 1. The molecule has 1 unspecified atom stereocenters. The van der Waals surface area contributed by atoms with Crippen molar-refractivity contribution in [3.8, 4) is 11.5 Å². The van der Waals surface area contributed by atoms with Crippen LogP contribution in [0.4, 0.5) is 0 Å². The summed E-state index contributed by atoms with van der Waals surface area (Å²) in [7, 11) is 1.49. The largest absolute Gasteiger partial charge is 0.503 e. The van der Waals surface area contributed by atoms with Crippen LogP contribution < -0.4 is 9.47 Å². The number of halogens is 1. The van der Waals surface area contributed by atoms with Crippen molar-refractivity contribution >= 4 is 34.3 Å². The molecule has 36 heavy (non-hydrogen) atoms. The number of hydrogen-bond acceptors (Lipinski definition) is 6. The number of rotatable bonds is 7. The predicted molar refractivity (Wildman–Crippen MR) is 136 cm³/mol. The number of aliphatic hydroxyl groups excluding tert-OH is 1. The summed E-state index contributed by atoms with van der Waals surface area (Å²) in [6.45, 7) is 2.43. The van der Waals surface area contributed by atoms with Gasteiger partial charge in [0.1, 0.15) is 5.75 Å². The Morgan fingerprint density at radius 3 is 2.53 bits per heavy atom. The average molecular weight is 510 g/mol. The summed E-state index contributed by atoms with van der Waals surface area (Å²) in [6, 6.07) is 11.3. The van der Waals surface area contributed by atoms with Gasteiger partial charge in [0.2, 0.25) is 5.78 Å². The summed E-state index contributed by atoms with van der Waals surface area (Å²) >= 11 is 6.19. The molecule has 0 spiro atoms. The molecule has 1 aromatic heterocycles. The number of carbonyl (C=O) groups excluding carboxylic acids is 2. The van der Waals surface area contributed by atoms with Crippen LogP contribution in [-0.4, -0.2) is 41.5 Å². The third-order valence-electron chi connectivity index (χ3n) is 6.95. The first kappa shape index (κ1) is 24.3. The molecule has 3 aromatic rings. The van der Waals surface area contributed by atoms with E-state index in [2.05, 4.69) is 0 Å². The van der Waals surface area contributed by atoms with Gasteiger partial charge in [0, 0.05) is 22.5 Å². The Morgan fingerprint density at radius 1 is 1.14 bits per heavy atom. The second kappa shape index (κ2) is 9.90. The fourth-order valence-corrected chi connectivity index (χ4v) is 5.53. The van der Waals surface area contributed by atoms with Crippen molar-refractivity contribution in [1.82, 2.24) is 4.90 Å². The molecule has 2 heterocycles. The third kappa shape index (κ3) is 4.22. The molecule has 0 saturated heterocycles. The normalized spacial score (nSPS) is 18.8. The highest BCUT2D eigenvalue weighted by molar-refractivity contribution is 6.31. The summed E-state index contributed by atoms with van der Waals surface area (Å²) in [5.41, 5.74) is 1.11. The van der Waals surface area contributed by atoms with Crippen molar-refractivity contribution < 1.29 is 28.6 Å². The highest BCUT2D eigenvalue weighted by Crippen LogP contribution is 2.44. The van der Waals surface area contributed by atoms with Crippen molar-refractivity contribution in [3.63, 3.8) is 0 Å². The van der Waals surface area contributed by atoms with Crippen LogP contribution in [0.25, 0.3) is 11.0 Å². The Balaban J connectivity index is 1.59. The smallest absolute Gasteiger partial charge is 0.290 e. The van der Waals surface area contributed by atoms with E-state index in [1.54, 1.807) is 23.1 Å². The summed E-state index contributed by atoms with van der Waals surface area (Å²) in [5.74, 6) is -0.522. The van der Waals surface area contributed by atoms with Crippen molar-refractivity contribution in [1.29, 1.82) is 0 Å². The summed E-state index contributed by atoms with van der Waals surface area (Å²) in [5, 5.41) is 12.1. The molecule has 5 rings (SSSR count). The number of ether oxygens (including phenoxy) is 2.